The number of primary amides is 1. The molecule has 0 spiro atoms. The zero-order valence-corrected chi connectivity index (χ0v) is 10.9. The lowest BCUT2D eigenvalue weighted by atomic mass is 10.0. The smallest absolute Gasteiger partial charge is 0.234 e. The Balaban J connectivity index is 2.72. The number of nitrogens with one attached hydrogen (secondary N) is 1. The highest BCUT2D eigenvalue weighted by Gasteiger charge is 2.23. The molecule has 1 heterocycles. The number of rotatable bonds is 6. The number of nitrogens with two attached hydrogens (primary N) is 1. The fourth-order valence-corrected chi connectivity index (χ4v) is 2.58. The zero-order valence-electron chi connectivity index (χ0n) is 10.1. The van der Waals surface area contributed by atoms with Gasteiger partial charge in [-0.1, -0.05) is 26.8 Å². The molecule has 16 heavy (non-hydrogen) atoms. The lowest BCUT2D eigenvalue weighted by Crippen LogP contribution is -2.46. The van der Waals surface area contributed by atoms with Gasteiger partial charge in [0.25, 0.3) is 0 Å². The minimum Gasteiger partial charge on any atom is -0.368 e. The van der Waals surface area contributed by atoms with Crippen molar-refractivity contribution in [1.82, 2.24) is 5.32 Å². The minimum atomic E-state index is -0.273. The van der Waals surface area contributed by atoms with E-state index in [1.807, 2.05) is 25.3 Å². The van der Waals surface area contributed by atoms with E-state index in [0.29, 0.717) is 0 Å². The van der Waals surface area contributed by atoms with Crippen LogP contribution in [0.1, 0.15) is 38.1 Å². The van der Waals surface area contributed by atoms with Crippen molar-refractivity contribution in [1.29, 1.82) is 0 Å². The highest BCUT2D eigenvalue weighted by molar-refractivity contribution is 7.10. The maximum Gasteiger partial charge on any atom is 0.234 e. The summed E-state index contributed by atoms with van der Waals surface area (Å²) in [5.74, 6) is -0.0588. The second kappa shape index (κ2) is 6.01. The van der Waals surface area contributed by atoms with E-state index in [0.717, 1.165) is 6.42 Å². The fraction of sp³-hybridized carbons (Fsp3) is 0.583. The molecule has 3 nitrogen and oxygen atoms in total. The van der Waals surface area contributed by atoms with Crippen LogP contribution in [0.2, 0.25) is 0 Å². The van der Waals surface area contributed by atoms with Crippen LogP contribution in [0.4, 0.5) is 0 Å². The molecule has 0 fully saturated rings. The molecule has 3 N–H and O–H groups in total. The standard InChI is InChI=1S/C12H20N2OS/c1-4-9(10-6-5-7-16-10)14-11(8(2)3)12(13)15/h5-9,11,14H,4H2,1-3H3,(H2,13,15). The SMILES string of the molecule is CCC(NC(C(N)=O)C(C)C)c1cccs1. The molecule has 1 aromatic rings. The average molecular weight is 240 g/mol. The topological polar surface area (TPSA) is 55.1 Å². The predicted octanol–water partition coefficient (Wildman–Crippen LogP) is 2.30. The fourth-order valence-electron chi connectivity index (χ4n) is 1.71. The van der Waals surface area contributed by atoms with Crippen molar-refractivity contribution in [3.63, 3.8) is 0 Å². The first kappa shape index (κ1) is 13.2. The molecule has 2 unspecified atom stereocenters. The van der Waals surface area contributed by atoms with Gasteiger partial charge >= 0.3 is 0 Å². The maximum atomic E-state index is 11.3. The van der Waals surface area contributed by atoms with Gasteiger partial charge in [0, 0.05) is 10.9 Å². The van der Waals surface area contributed by atoms with Crippen LogP contribution in [-0.4, -0.2) is 11.9 Å². The molecule has 0 bridgehead atoms. The lowest BCUT2D eigenvalue weighted by molar-refractivity contribution is -0.121. The van der Waals surface area contributed by atoms with Crippen molar-refractivity contribution in [2.24, 2.45) is 11.7 Å². The van der Waals surface area contributed by atoms with Crippen molar-refractivity contribution >= 4 is 17.2 Å². The van der Waals surface area contributed by atoms with Crippen molar-refractivity contribution < 1.29 is 4.79 Å². The first-order valence-corrected chi connectivity index (χ1v) is 6.53. The summed E-state index contributed by atoms with van der Waals surface area (Å²) in [5.41, 5.74) is 5.40. The number of amides is 1. The molecule has 2 atom stereocenters. The number of hydrogen-bond donors (Lipinski definition) is 2. The largest absolute Gasteiger partial charge is 0.368 e. The minimum absolute atomic E-state index is 0.214. The Bertz CT molecular complexity index is 322. The lowest BCUT2D eigenvalue weighted by Gasteiger charge is -2.24. The quantitative estimate of drug-likeness (QED) is 0.801. The van der Waals surface area contributed by atoms with E-state index in [-0.39, 0.29) is 23.9 Å². The van der Waals surface area contributed by atoms with E-state index in [2.05, 4.69) is 18.3 Å². The number of carbonyl (C=O) groups excluding carboxylic acids is 1. The Hall–Kier alpha value is -0.870. The summed E-state index contributed by atoms with van der Waals surface area (Å²) < 4.78 is 0. The van der Waals surface area contributed by atoms with Crippen molar-refractivity contribution in [3.8, 4) is 0 Å². The van der Waals surface area contributed by atoms with Gasteiger partial charge in [-0.15, -0.1) is 11.3 Å². The van der Waals surface area contributed by atoms with E-state index < -0.39 is 0 Å². The normalized spacial score (nSPS) is 15.0. The van der Waals surface area contributed by atoms with Gasteiger partial charge in [0.2, 0.25) is 5.91 Å². The second-order valence-electron chi connectivity index (χ2n) is 4.27. The second-order valence-corrected chi connectivity index (χ2v) is 5.25. The number of carbonyl (C=O) groups is 1. The van der Waals surface area contributed by atoms with E-state index in [1.165, 1.54) is 4.88 Å². The molecule has 0 aromatic carbocycles. The van der Waals surface area contributed by atoms with Gasteiger partial charge in [-0.05, 0) is 23.8 Å². The third-order valence-corrected chi connectivity index (χ3v) is 3.63. The Kier molecular flexibility index (Phi) is 4.96. The summed E-state index contributed by atoms with van der Waals surface area (Å²) in [6, 6.07) is 4.08. The highest BCUT2D eigenvalue weighted by Crippen LogP contribution is 2.23. The molecule has 0 aliphatic heterocycles. The van der Waals surface area contributed by atoms with Crippen molar-refractivity contribution in [3.05, 3.63) is 22.4 Å². The van der Waals surface area contributed by atoms with Crippen LogP contribution in [0.15, 0.2) is 17.5 Å². The van der Waals surface area contributed by atoms with Crippen LogP contribution >= 0.6 is 11.3 Å². The molecule has 0 aliphatic carbocycles. The Labute approximate surface area is 101 Å². The van der Waals surface area contributed by atoms with Crippen LogP contribution in [0.25, 0.3) is 0 Å². The monoisotopic (exact) mass is 240 g/mol. The van der Waals surface area contributed by atoms with Crippen molar-refractivity contribution in [2.45, 2.75) is 39.3 Å². The van der Waals surface area contributed by atoms with Gasteiger partial charge in [0.05, 0.1) is 6.04 Å². The van der Waals surface area contributed by atoms with E-state index in [9.17, 15) is 4.79 Å². The predicted molar refractivity (Wildman–Crippen MR) is 68.3 cm³/mol. The van der Waals surface area contributed by atoms with Crippen molar-refractivity contribution in [2.75, 3.05) is 0 Å². The molecule has 0 saturated carbocycles. The van der Waals surface area contributed by atoms with Gasteiger partial charge < -0.3 is 5.73 Å². The number of hydrogen-bond acceptors (Lipinski definition) is 3. The summed E-state index contributed by atoms with van der Waals surface area (Å²) in [6.07, 6.45) is 0.955. The first-order chi connectivity index (χ1) is 7.56. The van der Waals surface area contributed by atoms with E-state index in [4.69, 9.17) is 5.73 Å². The average Bonchev–Trinajstić information content (AvgIpc) is 2.71. The molecule has 4 heteroatoms. The molecule has 1 rings (SSSR count). The summed E-state index contributed by atoms with van der Waals surface area (Å²) in [7, 11) is 0. The van der Waals surface area contributed by atoms with E-state index in [1.54, 1.807) is 11.3 Å². The summed E-state index contributed by atoms with van der Waals surface area (Å²) in [4.78, 5) is 12.6. The molecule has 0 aliphatic rings. The first-order valence-electron chi connectivity index (χ1n) is 5.65. The molecule has 90 valence electrons. The zero-order chi connectivity index (χ0) is 12.1. The molecular formula is C12H20N2OS. The van der Waals surface area contributed by atoms with E-state index >= 15 is 0 Å². The highest BCUT2D eigenvalue weighted by atomic mass is 32.1. The summed E-state index contributed by atoms with van der Waals surface area (Å²) in [6.45, 7) is 6.11. The van der Waals surface area contributed by atoms with Crippen LogP contribution < -0.4 is 11.1 Å². The van der Waals surface area contributed by atoms with Gasteiger partial charge in [-0.2, -0.15) is 0 Å². The van der Waals surface area contributed by atoms with Gasteiger partial charge in [-0.25, -0.2) is 0 Å². The number of thiophene rings is 1. The summed E-state index contributed by atoms with van der Waals surface area (Å²) >= 11 is 1.71. The van der Waals surface area contributed by atoms with Gasteiger partial charge in [0.1, 0.15) is 0 Å². The van der Waals surface area contributed by atoms with Crippen LogP contribution in [0.5, 0.6) is 0 Å². The molecular weight excluding hydrogens is 220 g/mol. The third-order valence-electron chi connectivity index (χ3n) is 2.65. The summed E-state index contributed by atoms with van der Waals surface area (Å²) in [5, 5.41) is 5.39. The van der Waals surface area contributed by atoms with Crippen LogP contribution in [0, 0.1) is 5.92 Å². The molecule has 1 amide bonds. The molecule has 0 saturated heterocycles. The van der Waals surface area contributed by atoms with Crippen LogP contribution in [0.3, 0.4) is 0 Å². The van der Waals surface area contributed by atoms with Crippen LogP contribution in [-0.2, 0) is 4.79 Å². The Morgan fingerprint density at radius 2 is 2.25 bits per heavy atom. The molecule has 1 aromatic heterocycles. The Morgan fingerprint density at radius 3 is 2.62 bits per heavy atom. The molecule has 0 radical (unpaired) electrons. The maximum absolute atomic E-state index is 11.3. The van der Waals surface area contributed by atoms with Gasteiger partial charge in [0.15, 0.2) is 0 Å². The van der Waals surface area contributed by atoms with Gasteiger partial charge in [-0.3, -0.25) is 10.1 Å². The Morgan fingerprint density at radius 1 is 1.56 bits per heavy atom. The third kappa shape index (κ3) is 3.32.